The van der Waals surface area contributed by atoms with E-state index in [-0.39, 0.29) is 24.1 Å². The van der Waals surface area contributed by atoms with Crippen molar-refractivity contribution in [2.45, 2.75) is 19.6 Å². The van der Waals surface area contributed by atoms with Crippen LogP contribution in [0.5, 0.6) is 11.6 Å². The number of nitrogens with one attached hydrogen (secondary N) is 4. The molecule has 5 aromatic carbocycles. The number of aryl methyl sites for hydroxylation is 1. The Balaban J connectivity index is 0.971. The average Bonchev–Trinajstić information content (AvgIpc) is 3.67. The highest BCUT2D eigenvalue weighted by molar-refractivity contribution is 6.07. The van der Waals surface area contributed by atoms with Gasteiger partial charge in [0, 0.05) is 73.1 Å². The van der Waals surface area contributed by atoms with Gasteiger partial charge >= 0.3 is 12.2 Å². The molecule has 0 aliphatic carbocycles. The zero-order valence-electron chi connectivity index (χ0n) is 32.7. The molecule has 1 aliphatic heterocycles. The summed E-state index contributed by atoms with van der Waals surface area (Å²) in [6.07, 6.45) is -3.09. The molecule has 15 heteroatoms. The van der Waals surface area contributed by atoms with Crippen LogP contribution in [0, 0.1) is 6.92 Å². The van der Waals surface area contributed by atoms with Gasteiger partial charge < -0.3 is 25.4 Å². The van der Waals surface area contributed by atoms with Crippen molar-refractivity contribution >= 4 is 39.9 Å². The van der Waals surface area contributed by atoms with Crippen LogP contribution in [-0.2, 0) is 17.5 Å². The molecule has 2 aromatic heterocycles. The van der Waals surface area contributed by atoms with E-state index in [1.807, 2.05) is 91.9 Å². The fourth-order valence-electron chi connectivity index (χ4n) is 6.87. The van der Waals surface area contributed by atoms with Crippen molar-refractivity contribution < 1.29 is 27.4 Å². The van der Waals surface area contributed by atoms with Crippen LogP contribution in [0.1, 0.15) is 16.7 Å². The number of aromatic nitrogens is 4. The summed E-state index contributed by atoms with van der Waals surface area (Å²) in [5, 5.41) is 18.3. The molecular weight excluding hydrogens is 772 g/mol. The number of fused-ring (bicyclic) bond motifs is 1. The van der Waals surface area contributed by atoms with E-state index in [0.717, 1.165) is 48.6 Å². The van der Waals surface area contributed by atoms with Gasteiger partial charge in [-0.25, -0.2) is 14.5 Å². The van der Waals surface area contributed by atoms with Crippen molar-refractivity contribution in [3.63, 3.8) is 0 Å². The first-order valence-corrected chi connectivity index (χ1v) is 19.5. The molecule has 4 N–H and O–H groups in total. The number of halogens is 3. The molecule has 1 aliphatic rings. The summed E-state index contributed by atoms with van der Waals surface area (Å²) in [5.41, 5.74) is 3.88. The predicted octanol–water partition coefficient (Wildman–Crippen LogP) is 9.41. The number of hydrogen-bond acceptors (Lipinski definition) is 9. The second-order valence-electron chi connectivity index (χ2n) is 14.3. The molecule has 60 heavy (non-hydrogen) atoms. The Morgan fingerprint density at radius 2 is 1.62 bits per heavy atom. The number of rotatable bonds is 13. The maximum absolute atomic E-state index is 14.0. The van der Waals surface area contributed by atoms with Crippen LogP contribution in [0.2, 0.25) is 0 Å². The van der Waals surface area contributed by atoms with Crippen molar-refractivity contribution in [3.8, 4) is 28.6 Å². The number of hydrogen-bond donors (Lipinski definition) is 4. The van der Waals surface area contributed by atoms with E-state index in [1.165, 1.54) is 6.20 Å². The van der Waals surface area contributed by atoms with E-state index < -0.39 is 17.8 Å². The molecule has 8 rings (SSSR count). The first-order chi connectivity index (χ1) is 29.1. The molecule has 3 heterocycles. The maximum Gasteiger partial charge on any atom is 0.416 e. The highest BCUT2D eigenvalue weighted by atomic mass is 19.4. The van der Waals surface area contributed by atoms with Gasteiger partial charge in [0.25, 0.3) is 0 Å². The quantitative estimate of drug-likeness (QED) is 0.0842. The number of benzene rings is 5. The highest BCUT2D eigenvalue weighted by Crippen LogP contribution is 2.36. The van der Waals surface area contributed by atoms with E-state index in [0.29, 0.717) is 59.0 Å². The minimum Gasteiger partial charge on any atom is -0.438 e. The Labute approximate surface area is 344 Å². The van der Waals surface area contributed by atoms with Gasteiger partial charge in [-0.2, -0.15) is 23.3 Å². The molecule has 1 fully saturated rings. The van der Waals surface area contributed by atoms with E-state index in [9.17, 15) is 18.0 Å². The topological polar surface area (TPSA) is 130 Å². The number of morpholine rings is 1. The van der Waals surface area contributed by atoms with Gasteiger partial charge in [0.1, 0.15) is 11.6 Å². The van der Waals surface area contributed by atoms with Gasteiger partial charge in [-0.05, 0) is 55.0 Å². The van der Waals surface area contributed by atoms with Crippen LogP contribution < -0.4 is 26.0 Å². The molecule has 2 amide bonds. The molecule has 0 atom stereocenters. The van der Waals surface area contributed by atoms with Crippen LogP contribution in [0.4, 0.5) is 41.1 Å². The Morgan fingerprint density at radius 3 is 2.40 bits per heavy atom. The zero-order valence-corrected chi connectivity index (χ0v) is 32.7. The Morgan fingerprint density at radius 1 is 0.850 bits per heavy atom. The summed E-state index contributed by atoms with van der Waals surface area (Å²) in [7, 11) is 0. The van der Waals surface area contributed by atoms with E-state index in [1.54, 1.807) is 28.9 Å². The lowest BCUT2D eigenvalue weighted by atomic mass is 10.1. The monoisotopic (exact) mass is 813 g/mol. The van der Waals surface area contributed by atoms with Gasteiger partial charge in [-0.3, -0.25) is 10.2 Å². The Bertz CT molecular complexity index is 2580. The number of nitrogens with zero attached hydrogens (tertiary/aromatic N) is 5. The zero-order chi connectivity index (χ0) is 41.5. The van der Waals surface area contributed by atoms with E-state index in [2.05, 4.69) is 36.1 Å². The minimum atomic E-state index is -4.55. The minimum absolute atomic E-state index is 0.0533. The summed E-state index contributed by atoms with van der Waals surface area (Å²) in [4.78, 5) is 24.6. The van der Waals surface area contributed by atoms with Gasteiger partial charge in [-0.15, -0.1) is 0 Å². The Hall–Kier alpha value is -6.81. The lowest BCUT2D eigenvalue weighted by molar-refractivity contribution is -0.137. The standard InChI is InChI=1S/C45H42F3N9O3/c1-30-11-13-35(14-12-30)57-41(28-39(55-57)32-7-3-2-4-8-32)53-44(58)52-38-15-16-40(37-10-6-5-9-36(37)38)60-42-17-18-50-43(54-42)51-34-26-31(25-33(27-34)45(46,47)48)29-49-19-20-56-21-23-59-24-22-56/h2-18,25-28,49H,19-24,29H2,1H3,(H,50,51,54)(H2,52,53,58). The van der Waals surface area contributed by atoms with Crippen LogP contribution in [-0.4, -0.2) is 70.1 Å². The molecule has 7 aromatic rings. The van der Waals surface area contributed by atoms with Crippen molar-refractivity contribution in [1.82, 2.24) is 30.0 Å². The molecule has 0 radical (unpaired) electrons. The lowest BCUT2D eigenvalue weighted by Gasteiger charge is -2.26. The molecule has 0 unspecified atom stereocenters. The molecule has 0 bridgehead atoms. The molecule has 0 spiro atoms. The molecule has 0 saturated carbocycles. The number of urea groups is 1. The van der Waals surface area contributed by atoms with Crippen LogP contribution >= 0.6 is 0 Å². The maximum atomic E-state index is 14.0. The number of carbonyl (C=O) groups excluding carboxylic acids is 1. The van der Waals surface area contributed by atoms with Crippen LogP contribution in [0.3, 0.4) is 0 Å². The van der Waals surface area contributed by atoms with Gasteiger partial charge in [0.2, 0.25) is 11.8 Å². The van der Waals surface area contributed by atoms with Crippen LogP contribution in [0.25, 0.3) is 27.7 Å². The number of anilines is 4. The van der Waals surface area contributed by atoms with Crippen molar-refractivity contribution in [3.05, 3.63) is 144 Å². The van der Waals surface area contributed by atoms with Crippen LogP contribution in [0.15, 0.2) is 128 Å². The molecule has 306 valence electrons. The first kappa shape index (κ1) is 40.0. The first-order valence-electron chi connectivity index (χ1n) is 19.5. The largest absolute Gasteiger partial charge is 0.438 e. The summed E-state index contributed by atoms with van der Waals surface area (Å²) in [6, 6.07) is 35.1. The molecule has 1 saturated heterocycles. The number of amides is 2. The number of carbonyl (C=O) groups is 1. The summed E-state index contributed by atoms with van der Waals surface area (Å²) < 4.78 is 55.2. The van der Waals surface area contributed by atoms with Crippen molar-refractivity contribution in [2.24, 2.45) is 0 Å². The number of alkyl halides is 3. The van der Waals surface area contributed by atoms with Gasteiger partial charge in [0.05, 0.1) is 35.8 Å². The second-order valence-corrected chi connectivity index (χ2v) is 14.3. The smallest absolute Gasteiger partial charge is 0.416 e. The van der Waals surface area contributed by atoms with Crippen molar-refractivity contribution in [2.75, 3.05) is 55.3 Å². The lowest BCUT2D eigenvalue weighted by Crippen LogP contribution is -2.40. The van der Waals surface area contributed by atoms with E-state index in [4.69, 9.17) is 14.6 Å². The van der Waals surface area contributed by atoms with E-state index >= 15 is 0 Å². The third kappa shape index (κ3) is 9.89. The molecule has 12 nitrogen and oxygen atoms in total. The predicted molar refractivity (Wildman–Crippen MR) is 226 cm³/mol. The van der Waals surface area contributed by atoms with Crippen molar-refractivity contribution in [1.29, 1.82) is 0 Å². The highest BCUT2D eigenvalue weighted by Gasteiger charge is 2.31. The average molecular weight is 814 g/mol. The summed E-state index contributed by atoms with van der Waals surface area (Å²) in [6.45, 7) is 6.68. The fourth-order valence-corrected chi connectivity index (χ4v) is 6.87. The summed E-state index contributed by atoms with van der Waals surface area (Å²) in [5.74, 6) is 1.13. The van der Waals surface area contributed by atoms with Gasteiger partial charge in [0.15, 0.2) is 0 Å². The normalized spacial score (nSPS) is 13.3. The molecular formula is C45H42F3N9O3. The van der Waals surface area contributed by atoms with Gasteiger partial charge in [-0.1, -0.05) is 72.3 Å². The third-order valence-electron chi connectivity index (χ3n) is 9.89. The Kier molecular flexibility index (Phi) is 12.0. The fraction of sp³-hybridized carbons (Fsp3) is 0.200. The SMILES string of the molecule is Cc1ccc(-n2nc(-c3ccccc3)cc2NC(=O)Nc2ccc(Oc3ccnc(Nc4cc(CNCCN5CCOCC5)cc(C(F)(F)F)c4)n3)c3ccccc23)cc1. The summed E-state index contributed by atoms with van der Waals surface area (Å²) >= 11 is 0. The number of ether oxygens (including phenoxy) is 2. The third-order valence-corrected chi connectivity index (χ3v) is 9.89. The second kappa shape index (κ2) is 18.0.